The van der Waals surface area contributed by atoms with Crippen molar-refractivity contribution in [3.05, 3.63) is 40.8 Å². The lowest BCUT2D eigenvalue weighted by molar-refractivity contribution is 0.123. The van der Waals surface area contributed by atoms with Crippen molar-refractivity contribution in [2.24, 2.45) is 0 Å². The fraction of sp³-hybridized carbons (Fsp3) is 0.286. The van der Waals surface area contributed by atoms with Gasteiger partial charge in [-0.2, -0.15) is 5.10 Å². The minimum Gasteiger partial charge on any atom is -0.465 e. The summed E-state index contributed by atoms with van der Waals surface area (Å²) < 4.78 is 39.8. The first-order valence-corrected chi connectivity index (χ1v) is 6.61. The van der Waals surface area contributed by atoms with E-state index >= 15 is 0 Å². The van der Waals surface area contributed by atoms with Gasteiger partial charge in [0.05, 0.1) is 17.4 Å². The van der Waals surface area contributed by atoms with Gasteiger partial charge < -0.3 is 5.11 Å². The molecule has 8 heteroatoms. The number of carbonyl (C=O) groups is 1. The first-order valence-electron chi connectivity index (χ1n) is 6.61. The maximum Gasteiger partial charge on any atom is 0.407 e. The number of halogens is 3. The van der Waals surface area contributed by atoms with E-state index in [1.807, 2.05) is 0 Å². The largest absolute Gasteiger partial charge is 0.465 e. The highest BCUT2D eigenvalue weighted by molar-refractivity contribution is 5.69. The molecular weight excluding hydrogens is 299 g/mol. The third-order valence-corrected chi connectivity index (χ3v) is 3.89. The molecule has 1 atom stereocenters. The summed E-state index contributed by atoms with van der Waals surface area (Å²) >= 11 is 0. The number of hydrogen-bond acceptors (Lipinski definition) is 2. The molecule has 5 nitrogen and oxygen atoms in total. The highest BCUT2D eigenvalue weighted by Gasteiger charge is 2.31. The van der Waals surface area contributed by atoms with E-state index < -0.39 is 29.6 Å². The number of aromatic amines is 1. The summed E-state index contributed by atoms with van der Waals surface area (Å²) in [6, 6.07) is 1.31. The minimum atomic E-state index is -1.53. The minimum absolute atomic E-state index is 0.116. The van der Waals surface area contributed by atoms with E-state index in [0.717, 1.165) is 12.1 Å². The zero-order chi connectivity index (χ0) is 16.0. The Labute approximate surface area is 123 Å². The first-order chi connectivity index (χ1) is 10.4. The Balaban J connectivity index is 2.06. The average Bonchev–Trinajstić information content (AvgIpc) is 2.89. The number of hydrogen-bond donors (Lipinski definition) is 2. The van der Waals surface area contributed by atoms with Crippen LogP contribution in [-0.2, 0) is 6.42 Å². The quantitative estimate of drug-likeness (QED) is 0.795. The Kier molecular flexibility index (Phi) is 3.31. The maximum absolute atomic E-state index is 13.4. The second-order valence-electron chi connectivity index (χ2n) is 5.12. The highest BCUT2D eigenvalue weighted by Crippen LogP contribution is 2.34. The van der Waals surface area contributed by atoms with Crippen molar-refractivity contribution in [2.75, 3.05) is 6.54 Å². The van der Waals surface area contributed by atoms with Gasteiger partial charge in [0.15, 0.2) is 17.5 Å². The third kappa shape index (κ3) is 2.11. The van der Waals surface area contributed by atoms with Crippen LogP contribution in [0.4, 0.5) is 18.0 Å². The number of carboxylic acid groups (broad SMARTS) is 1. The van der Waals surface area contributed by atoms with Gasteiger partial charge >= 0.3 is 6.09 Å². The molecule has 2 heterocycles. The van der Waals surface area contributed by atoms with Gasteiger partial charge in [-0.15, -0.1) is 0 Å². The van der Waals surface area contributed by atoms with E-state index in [9.17, 15) is 18.0 Å². The molecule has 0 radical (unpaired) electrons. The van der Waals surface area contributed by atoms with Gasteiger partial charge in [0.25, 0.3) is 0 Å². The Morgan fingerprint density at radius 2 is 2.00 bits per heavy atom. The molecule has 0 saturated heterocycles. The van der Waals surface area contributed by atoms with Crippen LogP contribution < -0.4 is 0 Å². The molecule has 2 N–H and O–H groups in total. The number of nitrogens with zero attached hydrogens (tertiary/aromatic N) is 2. The fourth-order valence-corrected chi connectivity index (χ4v) is 2.75. The van der Waals surface area contributed by atoms with Gasteiger partial charge in [-0.05, 0) is 25.5 Å². The van der Waals surface area contributed by atoms with Gasteiger partial charge in [0, 0.05) is 17.7 Å². The van der Waals surface area contributed by atoms with E-state index in [2.05, 4.69) is 10.2 Å². The predicted octanol–water partition coefficient (Wildman–Crippen LogP) is 3.09. The summed E-state index contributed by atoms with van der Waals surface area (Å²) in [7, 11) is 0. The van der Waals surface area contributed by atoms with Crippen molar-refractivity contribution >= 4 is 6.09 Å². The topological polar surface area (TPSA) is 69.2 Å². The average molecular weight is 311 g/mol. The van der Waals surface area contributed by atoms with Crippen LogP contribution in [-0.4, -0.2) is 32.8 Å². The van der Waals surface area contributed by atoms with Gasteiger partial charge in [0.2, 0.25) is 0 Å². The van der Waals surface area contributed by atoms with Crippen LogP contribution in [0.1, 0.15) is 24.2 Å². The molecule has 116 valence electrons. The summed E-state index contributed by atoms with van der Waals surface area (Å²) in [5.74, 6) is -4.11. The van der Waals surface area contributed by atoms with E-state index in [0.29, 0.717) is 23.4 Å². The summed E-state index contributed by atoms with van der Waals surface area (Å²) in [5.41, 5.74) is 1.69. The molecule has 2 aromatic rings. The second kappa shape index (κ2) is 5.04. The zero-order valence-corrected chi connectivity index (χ0v) is 11.5. The van der Waals surface area contributed by atoms with E-state index in [1.54, 1.807) is 6.92 Å². The standard InChI is InChI=1S/C14H12F3N3O2/c1-6-12-8(2-3-20(6)14(21)22)13(19-18-12)7-4-9(15)11(17)10(16)5-7/h4-6H,2-3H2,1H3,(H,18,19)(H,21,22)/t6-/m0/s1. The van der Waals surface area contributed by atoms with Gasteiger partial charge in [-0.1, -0.05) is 0 Å². The van der Waals surface area contributed by atoms with Crippen molar-refractivity contribution in [3.63, 3.8) is 0 Å². The van der Waals surface area contributed by atoms with Crippen molar-refractivity contribution in [1.82, 2.24) is 15.1 Å². The monoisotopic (exact) mass is 311 g/mol. The number of aromatic nitrogens is 2. The van der Waals surface area contributed by atoms with Crippen LogP contribution in [0.25, 0.3) is 11.3 Å². The van der Waals surface area contributed by atoms with Gasteiger partial charge in [-0.25, -0.2) is 18.0 Å². The van der Waals surface area contributed by atoms with E-state index in [4.69, 9.17) is 5.11 Å². The molecule has 1 aromatic carbocycles. The molecule has 0 unspecified atom stereocenters. The third-order valence-electron chi connectivity index (χ3n) is 3.89. The number of H-pyrrole nitrogens is 1. The zero-order valence-electron chi connectivity index (χ0n) is 11.5. The van der Waals surface area contributed by atoms with E-state index in [-0.39, 0.29) is 12.1 Å². The van der Waals surface area contributed by atoms with Crippen LogP contribution in [0.2, 0.25) is 0 Å². The highest BCUT2D eigenvalue weighted by atomic mass is 19.2. The van der Waals surface area contributed by atoms with Crippen molar-refractivity contribution in [2.45, 2.75) is 19.4 Å². The van der Waals surface area contributed by atoms with Crippen molar-refractivity contribution in [1.29, 1.82) is 0 Å². The second-order valence-corrected chi connectivity index (χ2v) is 5.12. The molecule has 1 aliphatic heterocycles. The molecule has 1 amide bonds. The smallest absolute Gasteiger partial charge is 0.407 e. The fourth-order valence-electron chi connectivity index (χ4n) is 2.75. The molecule has 22 heavy (non-hydrogen) atoms. The van der Waals surface area contributed by atoms with E-state index in [1.165, 1.54) is 4.90 Å². The number of nitrogens with one attached hydrogen (secondary N) is 1. The van der Waals surface area contributed by atoms with Gasteiger partial charge in [-0.3, -0.25) is 10.00 Å². The van der Waals surface area contributed by atoms with Gasteiger partial charge in [0.1, 0.15) is 0 Å². The molecule has 1 aromatic heterocycles. The van der Waals surface area contributed by atoms with Crippen molar-refractivity contribution < 1.29 is 23.1 Å². The molecule has 0 fully saturated rings. The summed E-state index contributed by atoms with van der Waals surface area (Å²) in [5, 5.41) is 15.9. The molecule has 0 saturated carbocycles. The first kappa shape index (κ1) is 14.4. The molecule has 0 spiro atoms. The van der Waals surface area contributed by atoms with Crippen LogP contribution in [0.3, 0.4) is 0 Å². The number of benzene rings is 1. The van der Waals surface area contributed by atoms with Crippen LogP contribution in [0.5, 0.6) is 0 Å². The molecule has 3 rings (SSSR count). The lowest BCUT2D eigenvalue weighted by Crippen LogP contribution is -2.37. The molecular formula is C14H12F3N3O2. The number of rotatable bonds is 1. The lowest BCUT2D eigenvalue weighted by atomic mass is 9.96. The van der Waals surface area contributed by atoms with Crippen LogP contribution in [0, 0.1) is 17.5 Å². The Hall–Kier alpha value is -2.51. The summed E-state index contributed by atoms with van der Waals surface area (Å²) in [6.45, 7) is 1.95. The SMILES string of the molecule is C[C@H]1c2[nH]nc(-c3cc(F)c(F)c(F)c3)c2CCN1C(=O)O. The van der Waals surface area contributed by atoms with Crippen molar-refractivity contribution in [3.8, 4) is 11.3 Å². The van der Waals surface area contributed by atoms with Crippen LogP contribution >= 0.6 is 0 Å². The Morgan fingerprint density at radius 1 is 1.36 bits per heavy atom. The molecule has 1 aliphatic rings. The van der Waals surface area contributed by atoms with Crippen LogP contribution in [0.15, 0.2) is 12.1 Å². The predicted molar refractivity (Wildman–Crippen MR) is 70.7 cm³/mol. The molecule has 0 aliphatic carbocycles. The number of fused-ring (bicyclic) bond motifs is 1. The summed E-state index contributed by atoms with van der Waals surface area (Å²) in [6.07, 6.45) is -0.688. The maximum atomic E-state index is 13.4. The Morgan fingerprint density at radius 3 is 2.59 bits per heavy atom. The number of amides is 1. The Bertz CT molecular complexity index is 737. The molecule has 0 bridgehead atoms. The lowest BCUT2D eigenvalue weighted by Gasteiger charge is -2.30. The normalized spacial score (nSPS) is 17.5. The summed E-state index contributed by atoms with van der Waals surface area (Å²) in [4.78, 5) is 12.4.